The van der Waals surface area contributed by atoms with Crippen molar-refractivity contribution in [3.8, 4) is 5.75 Å². The van der Waals surface area contributed by atoms with Crippen molar-refractivity contribution in [3.63, 3.8) is 0 Å². The molecule has 8 heteroatoms. The average molecular weight is 489 g/mol. The molecule has 0 unspecified atom stereocenters. The first-order valence-corrected chi connectivity index (χ1v) is 10.4. The number of alkyl halides is 1. The summed E-state index contributed by atoms with van der Waals surface area (Å²) in [6.45, 7) is 0.429. The van der Waals surface area contributed by atoms with E-state index in [2.05, 4.69) is 15.9 Å². The molecule has 0 spiro atoms. The van der Waals surface area contributed by atoms with Gasteiger partial charge in [-0.2, -0.15) is 0 Å². The fourth-order valence-corrected chi connectivity index (χ4v) is 3.17. The highest BCUT2D eigenvalue weighted by Crippen LogP contribution is 2.26. The van der Waals surface area contributed by atoms with Crippen LogP contribution in [0, 0.1) is 0 Å². The quantitative estimate of drug-likeness (QED) is 0.219. The van der Waals surface area contributed by atoms with Gasteiger partial charge in [-0.25, -0.2) is 4.79 Å². The van der Waals surface area contributed by atoms with Gasteiger partial charge >= 0.3 is 5.97 Å². The van der Waals surface area contributed by atoms with Gasteiger partial charge in [-0.15, -0.1) is 0 Å². The van der Waals surface area contributed by atoms with Crippen molar-refractivity contribution < 1.29 is 19.1 Å². The molecule has 0 heterocycles. The van der Waals surface area contributed by atoms with Crippen LogP contribution in [0.15, 0.2) is 48.5 Å². The Hall–Kier alpha value is -1.60. The number of esters is 1. The topological polar surface area (TPSA) is 55.8 Å². The van der Waals surface area contributed by atoms with Crippen molar-refractivity contribution in [1.29, 1.82) is 0 Å². The Kier molecular flexibility index (Phi) is 9.25. The molecule has 0 aromatic heterocycles. The molecule has 0 fully saturated rings. The Morgan fingerprint density at radius 3 is 2.32 bits per heavy atom. The maximum Gasteiger partial charge on any atom is 0.336 e. The van der Waals surface area contributed by atoms with E-state index in [0.29, 0.717) is 12.4 Å². The molecule has 2 aromatic rings. The Morgan fingerprint density at radius 1 is 1.07 bits per heavy atom. The van der Waals surface area contributed by atoms with Crippen molar-refractivity contribution in [2.45, 2.75) is 12.5 Å². The van der Waals surface area contributed by atoms with Crippen LogP contribution in [0.5, 0.6) is 5.75 Å². The molecule has 2 aromatic carbocycles. The van der Waals surface area contributed by atoms with Crippen LogP contribution < -0.4 is 4.74 Å². The normalized spacial score (nSPS) is 11.7. The molecule has 2 rings (SSSR count). The SMILES string of the molecule is CN(C(=O)c1c(Cl)cccc1Cl)[C@@H](COCCCBr)C(=O)Oc1ccccc1. The standard InChI is InChI=1S/C20H20BrCl2NO4/c1-24(19(25)18-15(22)9-5-10-16(18)23)17(13-27-12-6-11-21)20(26)28-14-7-3-2-4-8-14/h2-5,7-10,17H,6,11-13H2,1H3/t17-/m0/s1. The first-order valence-electron chi connectivity index (χ1n) is 8.57. The second-order valence-corrected chi connectivity index (χ2v) is 7.49. The zero-order valence-electron chi connectivity index (χ0n) is 15.2. The van der Waals surface area contributed by atoms with Crippen molar-refractivity contribution in [1.82, 2.24) is 4.90 Å². The Balaban J connectivity index is 2.21. The zero-order chi connectivity index (χ0) is 20.5. The molecular weight excluding hydrogens is 469 g/mol. The Bertz CT molecular complexity index is 784. The van der Waals surface area contributed by atoms with Gasteiger partial charge < -0.3 is 14.4 Å². The van der Waals surface area contributed by atoms with Crippen LogP contribution in [0.3, 0.4) is 0 Å². The van der Waals surface area contributed by atoms with Gasteiger partial charge in [0.1, 0.15) is 5.75 Å². The maximum atomic E-state index is 13.0. The third-order valence-electron chi connectivity index (χ3n) is 3.90. The minimum absolute atomic E-state index is 0.0109. The molecule has 0 saturated carbocycles. The van der Waals surface area contributed by atoms with Crippen LogP contribution in [0.25, 0.3) is 0 Å². The number of carbonyl (C=O) groups excluding carboxylic acids is 2. The predicted octanol–water partition coefficient (Wildman–Crippen LogP) is 4.84. The lowest BCUT2D eigenvalue weighted by Gasteiger charge is -2.27. The van der Waals surface area contributed by atoms with Crippen molar-refractivity contribution >= 4 is 51.0 Å². The van der Waals surface area contributed by atoms with Crippen LogP contribution >= 0.6 is 39.1 Å². The zero-order valence-corrected chi connectivity index (χ0v) is 18.3. The molecule has 0 bridgehead atoms. The van der Waals surface area contributed by atoms with E-state index in [1.807, 2.05) is 6.07 Å². The van der Waals surface area contributed by atoms with Crippen LogP contribution in [0.2, 0.25) is 10.0 Å². The smallest absolute Gasteiger partial charge is 0.336 e. The number of benzene rings is 2. The van der Waals surface area contributed by atoms with Gasteiger partial charge in [0.2, 0.25) is 0 Å². The number of para-hydroxylation sites is 1. The maximum absolute atomic E-state index is 13.0. The highest BCUT2D eigenvalue weighted by atomic mass is 79.9. The number of ether oxygens (including phenoxy) is 2. The van der Waals surface area contributed by atoms with E-state index in [1.165, 1.54) is 11.9 Å². The molecule has 0 aliphatic heterocycles. The lowest BCUT2D eigenvalue weighted by atomic mass is 10.1. The number of halogens is 3. The number of nitrogens with zero attached hydrogens (tertiary/aromatic N) is 1. The van der Waals surface area contributed by atoms with Gasteiger partial charge in [0.15, 0.2) is 6.04 Å². The van der Waals surface area contributed by atoms with E-state index in [-0.39, 0.29) is 22.2 Å². The third kappa shape index (κ3) is 6.21. The van der Waals surface area contributed by atoms with Gasteiger partial charge in [0.25, 0.3) is 5.91 Å². The van der Waals surface area contributed by atoms with Crippen LogP contribution in [-0.2, 0) is 9.53 Å². The summed E-state index contributed by atoms with van der Waals surface area (Å²) in [4.78, 5) is 27.0. The second-order valence-electron chi connectivity index (χ2n) is 5.88. The fourth-order valence-electron chi connectivity index (χ4n) is 2.38. The van der Waals surface area contributed by atoms with Gasteiger partial charge in [-0.1, -0.05) is 63.4 Å². The minimum atomic E-state index is -0.963. The molecule has 0 saturated heterocycles. The number of carbonyl (C=O) groups is 2. The summed E-state index contributed by atoms with van der Waals surface area (Å²) in [5, 5.41) is 1.19. The molecule has 5 nitrogen and oxygen atoms in total. The molecule has 150 valence electrons. The van der Waals surface area contributed by atoms with Crippen molar-refractivity contribution in [3.05, 3.63) is 64.1 Å². The highest BCUT2D eigenvalue weighted by Gasteiger charge is 2.31. The first-order chi connectivity index (χ1) is 13.5. The first kappa shape index (κ1) is 22.7. The number of rotatable bonds is 9. The van der Waals surface area contributed by atoms with E-state index in [9.17, 15) is 9.59 Å². The molecule has 28 heavy (non-hydrogen) atoms. The lowest BCUT2D eigenvalue weighted by Crippen LogP contribution is -2.47. The van der Waals surface area contributed by atoms with E-state index in [0.717, 1.165) is 11.8 Å². The number of likely N-dealkylation sites (N-methyl/N-ethyl adjacent to an activating group) is 1. The minimum Gasteiger partial charge on any atom is -0.425 e. The van der Waals surface area contributed by atoms with Gasteiger partial charge in [0.05, 0.1) is 22.2 Å². The summed E-state index contributed by atoms with van der Waals surface area (Å²) in [6, 6.07) is 12.5. The average Bonchev–Trinajstić information content (AvgIpc) is 2.68. The molecule has 0 aliphatic rings. The van der Waals surface area contributed by atoms with Gasteiger partial charge in [-0.3, -0.25) is 4.79 Å². The summed E-state index contributed by atoms with van der Waals surface area (Å²) in [5.41, 5.74) is 0.131. The monoisotopic (exact) mass is 487 g/mol. The largest absolute Gasteiger partial charge is 0.425 e. The predicted molar refractivity (Wildman–Crippen MR) is 114 cm³/mol. The van der Waals surface area contributed by atoms with Gasteiger partial charge in [-0.05, 0) is 30.7 Å². The highest BCUT2D eigenvalue weighted by molar-refractivity contribution is 9.09. The Morgan fingerprint density at radius 2 is 1.71 bits per heavy atom. The lowest BCUT2D eigenvalue weighted by molar-refractivity contribution is -0.141. The number of amides is 1. The van der Waals surface area contributed by atoms with E-state index < -0.39 is 17.9 Å². The molecule has 0 aliphatic carbocycles. The summed E-state index contributed by atoms with van der Waals surface area (Å²) < 4.78 is 11.0. The van der Waals surface area contributed by atoms with Crippen LogP contribution in [-0.4, -0.2) is 48.4 Å². The molecule has 1 atom stereocenters. The summed E-state index contributed by atoms with van der Waals surface area (Å²) >= 11 is 15.6. The number of hydrogen-bond acceptors (Lipinski definition) is 4. The van der Waals surface area contributed by atoms with Crippen molar-refractivity contribution in [2.24, 2.45) is 0 Å². The number of hydrogen-bond donors (Lipinski definition) is 0. The van der Waals surface area contributed by atoms with Crippen LogP contribution in [0.1, 0.15) is 16.8 Å². The second kappa shape index (κ2) is 11.4. The van der Waals surface area contributed by atoms with E-state index in [4.69, 9.17) is 32.7 Å². The van der Waals surface area contributed by atoms with Crippen molar-refractivity contribution in [2.75, 3.05) is 25.6 Å². The summed E-state index contributed by atoms with van der Waals surface area (Å²) in [7, 11) is 1.49. The Labute approximate surface area is 182 Å². The van der Waals surface area contributed by atoms with E-state index >= 15 is 0 Å². The van der Waals surface area contributed by atoms with Crippen LogP contribution in [0.4, 0.5) is 0 Å². The summed E-state index contributed by atoms with van der Waals surface area (Å²) in [6.07, 6.45) is 0.772. The third-order valence-corrected chi connectivity index (χ3v) is 5.09. The molecule has 0 radical (unpaired) electrons. The van der Waals surface area contributed by atoms with Gasteiger partial charge in [0, 0.05) is 19.0 Å². The van der Waals surface area contributed by atoms with E-state index in [1.54, 1.807) is 42.5 Å². The molecule has 1 amide bonds. The summed E-state index contributed by atoms with van der Waals surface area (Å²) in [5.74, 6) is -0.714. The molecule has 0 N–H and O–H groups in total. The molecular formula is C20H20BrCl2NO4. The fraction of sp³-hybridized carbons (Fsp3) is 0.300.